The lowest BCUT2D eigenvalue weighted by Gasteiger charge is -2.37. The van der Waals surface area contributed by atoms with E-state index in [1.54, 1.807) is 0 Å². The van der Waals surface area contributed by atoms with Crippen LogP contribution in [0.5, 0.6) is 0 Å². The molecule has 1 aliphatic heterocycles. The minimum atomic E-state index is -0.115. The van der Waals surface area contributed by atoms with Gasteiger partial charge in [-0.3, -0.25) is 14.5 Å². The number of nitrogens with zero attached hydrogens (tertiary/aromatic N) is 3. The van der Waals surface area contributed by atoms with E-state index in [-0.39, 0.29) is 11.6 Å². The van der Waals surface area contributed by atoms with Crippen LogP contribution in [0.15, 0.2) is 42.1 Å². The molecule has 5 nitrogen and oxygen atoms in total. The van der Waals surface area contributed by atoms with E-state index >= 15 is 0 Å². The van der Waals surface area contributed by atoms with Crippen molar-refractivity contribution in [3.63, 3.8) is 0 Å². The highest BCUT2D eigenvalue weighted by Gasteiger charge is 2.33. The molecule has 1 aromatic heterocycles. The number of rotatable bonds is 3. The minimum Gasteiger partial charge on any atom is -0.366 e. The Hall–Kier alpha value is -2.31. The van der Waals surface area contributed by atoms with Crippen molar-refractivity contribution in [2.75, 3.05) is 26.2 Å². The molecule has 2 aliphatic rings. The molecular formula is C19H19N3O2S. The van der Waals surface area contributed by atoms with Gasteiger partial charge < -0.3 is 4.90 Å². The molecule has 2 heterocycles. The number of hydrogen-bond acceptors (Lipinski definition) is 6. The van der Waals surface area contributed by atoms with Gasteiger partial charge in [-0.2, -0.15) is 0 Å². The molecule has 1 fully saturated rings. The van der Waals surface area contributed by atoms with Gasteiger partial charge in [0.25, 0.3) is 0 Å². The van der Waals surface area contributed by atoms with Crippen LogP contribution in [0.1, 0.15) is 30.7 Å². The summed E-state index contributed by atoms with van der Waals surface area (Å²) >= 11 is 1.30. The number of Topliss-reactive ketones (excluding diaryl/α,β-unsaturated/α-hetero) is 1. The third kappa shape index (κ3) is 3.15. The third-order valence-electron chi connectivity index (χ3n) is 4.64. The van der Waals surface area contributed by atoms with Gasteiger partial charge in [0, 0.05) is 38.8 Å². The summed E-state index contributed by atoms with van der Waals surface area (Å²) in [5.74, 6) is -0.211. The van der Waals surface area contributed by atoms with Gasteiger partial charge in [-0.15, -0.1) is 11.3 Å². The predicted molar refractivity (Wildman–Crippen MR) is 96.9 cm³/mol. The van der Waals surface area contributed by atoms with Crippen LogP contribution in [0.2, 0.25) is 0 Å². The summed E-state index contributed by atoms with van der Waals surface area (Å²) in [4.78, 5) is 34.2. The highest BCUT2D eigenvalue weighted by molar-refractivity contribution is 7.14. The highest BCUT2D eigenvalue weighted by atomic mass is 32.1. The molecule has 0 spiro atoms. The van der Waals surface area contributed by atoms with Crippen LogP contribution in [0.3, 0.4) is 0 Å². The Morgan fingerprint density at radius 1 is 1.08 bits per heavy atom. The van der Waals surface area contributed by atoms with Crippen molar-refractivity contribution in [2.45, 2.75) is 13.5 Å². The zero-order valence-electron chi connectivity index (χ0n) is 14.1. The molecular weight excluding hydrogens is 334 g/mol. The first-order chi connectivity index (χ1) is 12.1. The van der Waals surface area contributed by atoms with Gasteiger partial charge in [-0.05, 0) is 12.5 Å². The van der Waals surface area contributed by atoms with Crippen molar-refractivity contribution < 1.29 is 9.59 Å². The first-order valence-electron chi connectivity index (χ1n) is 8.41. The fourth-order valence-electron chi connectivity index (χ4n) is 3.35. The van der Waals surface area contributed by atoms with Crippen LogP contribution in [0.25, 0.3) is 0 Å². The Bertz CT molecular complexity index is 849. The molecule has 0 saturated carbocycles. The molecule has 0 atom stereocenters. The number of aromatic nitrogens is 1. The zero-order valence-corrected chi connectivity index (χ0v) is 14.9. The number of thiazole rings is 1. The largest absolute Gasteiger partial charge is 0.366 e. The lowest BCUT2D eigenvalue weighted by atomic mass is 10.0. The van der Waals surface area contributed by atoms with Crippen LogP contribution in [0.4, 0.5) is 0 Å². The monoisotopic (exact) mass is 353 g/mol. The number of hydrogen-bond donors (Lipinski definition) is 0. The summed E-state index contributed by atoms with van der Waals surface area (Å²) in [5, 5.41) is 0.758. The lowest BCUT2D eigenvalue weighted by molar-refractivity contribution is 0.0909. The van der Waals surface area contributed by atoms with Crippen molar-refractivity contribution in [3.8, 4) is 0 Å². The summed E-state index contributed by atoms with van der Waals surface area (Å²) in [6.45, 7) is 5.97. The van der Waals surface area contributed by atoms with Gasteiger partial charge in [0.2, 0.25) is 5.78 Å². The van der Waals surface area contributed by atoms with Gasteiger partial charge in [-0.1, -0.05) is 30.3 Å². The molecule has 6 heteroatoms. The average Bonchev–Trinajstić information content (AvgIpc) is 3.03. The first-order valence-corrected chi connectivity index (χ1v) is 9.23. The standard InChI is InChI=1S/C19H19N3O2S/c1-13-20-17-18(24)15(11-16(23)19(17)25-13)22-9-7-21(8-10-22)12-14-5-3-2-4-6-14/h2-6,11H,7-10,12H2,1H3. The number of piperazine rings is 1. The van der Waals surface area contributed by atoms with E-state index in [0.717, 1.165) is 37.7 Å². The van der Waals surface area contributed by atoms with Crippen LogP contribution in [0, 0.1) is 6.92 Å². The minimum absolute atomic E-state index is 0.0954. The number of carbonyl (C=O) groups excluding carboxylic acids is 2. The predicted octanol–water partition coefficient (Wildman–Crippen LogP) is 2.53. The van der Waals surface area contributed by atoms with Crippen LogP contribution >= 0.6 is 11.3 Å². The fraction of sp³-hybridized carbons (Fsp3) is 0.316. The Labute approximate surface area is 150 Å². The number of aryl methyl sites for hydroxylation is 1. The number of ketones is 2. The van der Waals surface area contributed by atoms with Gasteiger partial charge >= 0.3 is 0 Å². The van der Waals surface area contributed by atoms with E-state index in [1.165, 1.54) is 23.0 Å². The van der Waals surface area contributed by atoms with E-state index < -0.39 is 0 Å². The molecule has 2 aromatic rings. The molecule has 0 amide bonds. The quantitative estimate of drug-likeness (QED) is 0.849. The van der Waals surface area contributed by atoms with E-state index in [1.807, 2.05) is 17.9 Å². The molecule has 25 heavy (non-hydrogen) atoms. The zero-order chi connectivity index (χ0) is 17.4. The smallest absolute Gasteiger partial charge is 0.229 e. The molecule has 4 rings (SSSR count). The Morgan fingerprint density at radius 2 is 1.80 bits per heavy atom. The normalized spacial score (nSPS) is 18.3. The molecule has 0 bridgehead atoms. The Kier molecular flexibility index (Phi) is 4.23. The van der Waals surface area contributed by atoms with Crippen molar-refractivity contribution in [2.24, 2.45) is 0 Å². The SMILES string of the molecule is Cc1nc2c(s1)C(=O)C=C(N1CCN(Cc3ccccc3)CC1)C2=O. The van der Waals surface area contributed by atoms with Crippen molar-refractivity contribution >= 4 is 22.9 Å². The first kappa shape index (κ1) is 16.2. The Morgan fingerprint density at radius 3 is 2.52 bits per heavy atom. The maximum atomic E-state index is 12.7. The molecule has 1 saturated heterocycles. The van der Waals surface area contributed by atoms with E-state index in [4.69, 9.17) is 0 Å². The molecule has 1 aliphatic carbocycles. The summed E-state index contributed by atoms with van der Waals surface area (Å²) in [6, 6.07) is 10.4. The number of carbonyl (C=O) groups is 2. The van der Waals surface area contributed by atoms with E-state index in [0.29, 0.717) is 16.3 Å². The average molecular weight is 353 g/mol. The summed E-state index contributed by atoms with van der Waals surface area (Å²) < 4.78 is 0. The second-order valence-electron chi connectivity index (χ2n) is 6.38. The number of benzene rings is 1. The molecule has 0 N–H and O–H groups in total. The maximum Gasteiger partial charge on any atom is 0.229 e. The maximum absolute atomic E-state index is 12.7. The molecule has 0 unspecified atom stereocenters. The third-order valence-corrected chi connectivity index (χ3v) is 5.62. The molecule has 1 aromatic carbocycles. The summed E-state index contributed by atoms with van der Waals surface area (Å²) in [7, 11) is 0. The van der Waals surface area contributed by atoms with Gasteiger partial charge in [0.1, 0.15) is 10.6 Å². The van der Waals surface area contributed by atoms with E-state index in [9.17, 15) is 9.59 Å². The van der Waals surface area contributed by atoms with Crippen LogP contribution in [-0.2, 0) is 6.54 Å². The van der Waals surface area contributed by atoms with Crippen molar-refractivity contribution in [3.05, 3.63) is 63.2 Å². The van der Waals surface area contributed by atoms with Crippen molar-refractivity contribution in [1.29, 1.82) is 0 Å². The van der Waals surface area contributed by atoms with Crippen LogP contribution < -0.4 is 0 Å². The van der Waals surface area contributed by atoms with Crippen LogP contribution in [-0.4, -0.2) is 52.5 Å². The van der Waals surface area contributed by atoms with Crippen molar-refractivity contribution in [1.82, 2.24) is 14.8 Å². The van der Waals surface area contributed by atoms with E-state index in [2.05, 4.69) is 34.1 Å². The second-order valence-corrected chi connectivity index (χ2v) is 7.59. The number of fused-ring (bicyclic) bond motifs is 1. The van der Waals surface area contributed by atoms with Gasteiger partial charge in [0.05, 0.1) is 10.7 Å². The topological polar surface area (TPSA) is 53.5 Å². The lowest BCUT2D eigenvalue weighted by Crippen LogP contribution is -2.47. The molecule has 128 valence electrons. The number of allylic oxidation sites excluding steroid dienone is 2. The van der Waals surface area contributed by atoms with Gasteiger partial charge in [0.15, 0.2) is 5.78 Å². The summed E-state index contributed by atoms with van der Waals surface area (Å²) in [6.07, 6.45) is 1.50. The molecule has 0 radical (unpaired) electrons. The second kappa shape index (κ2) is 6.54. The summed E-state index contributed by atoms with van der Waals surface area (Å²) in [5.41, 5.74) is 2.13. The van der Waals surface area contributed by atoms with Gasteiger partial charge in [-0.25, -0.2) is 4.98 Å². The fourth-order valence-corrected chi connectivity index (χ4v) is 4.17. The Balaban J connectivity index is 1.44. The highest BCUT2D eigenvalue weighted by Crippen LogP contribution is 2.28.